The number of anilines is 1. The smallest absolute Gasteiger partial charge is 0.246 e. The van der Waals surface area contributed by atoms with Crippen LogP contribution in [0.15, 0.2) is 71.5 Å². The fourth-order valence-corrected chi connectivity index (χ4v) is 3.76. The van der Waals surface area contributed by atoms with E-state index in [1.807, 2.05) is 78.6 Å². The summed E-state index contributed by atoms with van der Waals surface area (Å²) in [4.78, 5) is 12.7. The molecular formula is C22H20BrN5O2S. The van der Waals surface area contributed by atoms with Gasteiger partial charge in [-0.25, -0.2) is 9.36 Å². The van der Waals surface area contributed by atoms with Crippen LogP contribution in [-0.2, 0) is 11.3 Å². The molecule has 1 N–H and O–H groups in total. The zero-order valence-corrected chi connectivity index (χ0v) is 19.4. The van der Waals surface area contributed by atoms with Crippen molar-refractivity contribution >= 4 is 39.7 Å². The first kappa shape index (κ1) is 21.1. The molecule has 0 bridgehead atoms. The molecule has 2 aromatic carbocycles. The van der Waals surface area contributed by atoms with Crippen LogP contribution in [0.2, 0.25) is 0 Å². The third-order valence-electron chi connectivity index (χ3n) is 4.72. The molecule has 4 rings (SSSR count). The van der Waals surface area contributed by atoms with Gasteiger partial charge in [0.15, 0.2) is 5.82 Å². The van der Waals surface area contributed by atoms with Crippen molar-refractivity contribution in [3.05, 3.63) is 81.8 Å². The van der Waals surface area contributed by atoms with Gasteiger partial charge in [0.2, 0.25) is 10.7 Å². The summed E-state index contributed by atoms with van der Waals surface area (Å²) in [7, 11) is 1.61. The van der Waals surface area contributed by atoms with Gasteiger partial charge in [-0.1, -0.05) is 28.1 Å². The molecule has 0 aliphatic carbocycles. The predicted molar refractivity (Wildman–Crippen MR) is 126 cm³/mol. The molecule has 0 radical (unpaired) electrons. The van der Waals surface area contributed by atoms with Crippen LogP contribution in [0.4, 0.5) is 5.69 Å². The summed E-state index contributed by atoms with van der Waals surface area (Å²) in [6, 6.07) is 17.0. The second kappa shape index (κ2) is 8.91. The molecule has 4 aromatic rings. The first-order valence-electron chi connectivity index (χ1n) is 9.51. The Balaban J connectivity index is 1.71. The summed E-state index contributed by atoms with van der Waals surface area (Å²) in [5, 5.41) is 7.57. The van der Waals surface area contributed by atoms with Crippen LogP contribution in [-0.4, -0.2) is 32.1 Å². The van der Waals surface area contributed by atoms with Gasteiger partial charge in [-0.15, -0.1) is 5.10 Å². The Morgan fingerprint density at radius 1 is 1.16 bits per heavy atom. The van der Waals surface area contributed by atoms with E-state index in [4.69, 9.17) is 17.0 Å². The lowest BCUT2D eigenvalue weighted by Crippen LogP contribution is -2.20. The molecule has 0 atom stereocenters. The molecule has 7 nitrogen and oxygen atoms in total. The number of nitrogens with zero attached hydrogens (tertiary/aromatic N) is 4. The number of carbonyl (C=O) groups excluding carboxylic acids is 1. The number of halogens is 1. The van der Waals surface area contributed by atoms with E-state index in [0.717, 1.165) is 15.6 Å². The topological polar surface area (TPSA) is 66.0 Å². The number of methoxy groups -OCH3 is 1. The lowest BCUT2D eigenvalue weighted by atomic mass is 10.2. The van der Waals surface area contributed by atoms with E-state index < -0.39 is 0 Å². The summed E-state index contributed by atoms with van der Waals surface area (Å²) in [6.45, 7) is 1.94. The van der Waals surface area contributed by atoms with E-state index in [1.54, 1.807) is 11.8 Å². The largest absolute Gasteiger partial charge is 0.496 e. The SMILES string of the molecule is COc1ccccc1-c1nn(CC(=O)Nc2ccc(Br)c(C)c2)c(=S)n1-n1cccc1. The van der Waals surface area contributed by atoms with Crippen molar-refractivity contribution in [1.29, 1.82) is 0 Å². The summed E-state index contributed by atoms with van der Waals surface area (Å²) in [6.07, 6.45) is 3.73. The van der Waals surface area contributed by atoms with Crippen molar-refractivity contribution < 1.29 is 9.53 Å². The zero-order valence-electron chi connectivity index (χ0n) is 16.9. The van der Waals surface area contributed by atoms with Crippen molar-refractivity contribution in [2.75, 3.05) is 12.4 Å². The lowest BCUT2D eigenvalue weighted by Gasteiger charge is -2.10. The third kappa shape index (κ3) is 4.33. The van der Waals surface area contributed by atoms with Gasteiger partial charge in [0.05, 0.1) is 12.7 Å². The Morgan fingerprint density at radius 2 is 1.90 bits per heavy atom. The van der Waals surface area contributed by atoms with Crippen LogP contribution < -0.4 is 10.1 Å². The third-order valence-corrected chi connectivity index (χ3v) is 5.99. The molecule has 158 valence electrons. The summed E-state index contributed by atoms with van der Waals surface area (Å²) < 4.78 is 12.0. The highest BCUT2D eigenvalue weighted by Gasteiger charge is 2.19. The number of carbonyl (C=O) groups is 1. The second-order valence-corrected chi connectivity index (χ2v) is 8.07. The number of ether oxygens (including phenoxy) is 1. The summed E-state index contributed by atoms with van der Waals surface area (Å²) >= 11 is 9.14. The van der Waals surface area contributed by atoms with E-state index in [0.29, 0.717) is 22.0 Å². The molecule has 0 aliphatic heterocycles. The first-order valence-corrected chi connectivity index (χ1v) is 10.7. The van der Waals surface area contributed by atoms with Crippen LogP contribution in [0.5, 0.6) is 5.75 Å². The molecule has 1 amide bonds. The van der Waals surface area contributed by atoms with E-state index in [-0.39, 0.29) is 12.5 Å². The minimum atomic E-state index is -0.221. The van der Waals surface area contributed by atoms with Gasteiger partial charge in [-0.05, 0) is 67.2 Å². The number of nitrogens with one attached hydrogen (secondary N) is 1. The average Bonchev–Trinajstić information content (AvgIpc) is 3.39. The lowest BCUT2D eigenvalue weighted by molar-refractivity contribution is -0.116. The van der Waals surface area contributed by atoms with Crippen molar-refractivity contribution in [1.82, 2.24) is 19.1 Å². The molecule has 0 saturated heterocycles. The molecule has 2 heterocycles. The van der Waals surface area contributed by atoms with Crippen molar-refractivity contribution in [2.24, 2.45) is 0 Å². The van der Waals surface area contributed by atoms with Crippen molar-refractivity contribution in [3.8, 4) is 17.1 Å². The maximum atomic E-state index is 12.7. The molecule has 0 saturated carbocycles. The Kier molecular flexibility index (Phi) is 6.06. The second-order valence-electron chi connectivity index (χ2n) is 6.85. The molecule has 0 unspecified atom stereocenters. The number of hydrogen-bond donors (Lipinski definition) is 1. The van der Waals surface area contributed by atoms with Crippen molar-refractivity contribution in [3.63, 3.8) is 0 Å². The number of hydrogen-bond acceptors (Lipinski definition) is 4. The highest BCUT2D eigenvalue weighted by Crippen LogP contribution is 2.29. The van der Waals surface area contributed by atoms with Crippen LogP contribution >= 0.6 is 28.1 Å². The number of aryl methyl sites for hydroxylation is 1. The average molecular weight is 498 g/mol. The van der Waals surface area contributed by atoms with E-state index in [1.165, 1.54) is 4.68 Å². The monoisotopic (exact) mass is 497 g/mol. The number of rotatable bonds is 6. The molecular weight excluding hydrogens is 478 g/mol. The van der Waals surface area contributed by atoms with Gasteiger partial charge in [-0.3, -0.25) is 9.47 Å². The minimum Gasteiger partial charge on any atom is -0.496 e. The predicted octanol–water partition coefficient (Wildman–Crippen LogP) is 4.91. The normalized spacial score (nSPS) is 10.8. The summed E-state index contributed by atoms with van der Waals surface area (Å²) in [5.74, 6) is 1.02. The van der Waals surface area contributed by atoms with Crippen LogP contribution in [0.1, 0.15) is 5.56 Å². The molecule has 9 heteroatoms. The maximum Gasteiger partial charge on any atom is 0.246 e. The van der Waals surface area contributed by atoms with Gasteiger partial charge in [0.1, 0.15) is 12.3 Å². The van der Waals surface area contributed by atoms with Gasteiger partial charge in [-0.2, -0.15) is 0 Å². The molecule has 0 aliphatic rings. The fraction of sp³-hybridized carbons (Fsp3) is 0.136. The number of aromatic nitrogens is 4. The maximum absolute atomic E-state index is 12.7. The highest BCUT2D eigenvalue weighted by molar-refractivity contribution is 9.10. The van der Waals surface area contributed by atoms with E-state index in [2.05, 4.69) is 26.3 Å². The van der Waals surface area contributed by atoms with Crippen LogP contribution in [0, 0.1) is 11.7 Å². The Morgan fingerprint density at radius 3 is 2.61 bits per heavy atom. The van der Waals surface area contributed by atoms with E-state index in [9.17, 15) is 4.79 Å². The Bertz CT molecular complexity index is 1290. The first-order chi connectivity index (χ1) is 15.0. The van der Waals surface area contributed by atoms with Crippen LogP contribution in [0.25, 0.3) is 11.4 Å². The standard InChI is InChI=1S/C22H20BrN5O2S/c1-15-13-16(9-10-18(15)23)24-20(29)14-27-22(31)28(26-11-5-6-12-26)21(25-27)17-7-3-4-8-19(17)30-2/h3-13H,14H2,1-2H3,(H,24,29). The molecule has 0 spiro atoms. The van der Waals surface area contributed by atoms with Gasteiger partial charge >= 0.3 is 0 Å². The van der Waals surface area contributed by atoms with Crippen molar-refractivity contribution in [2.45, 2.75) is 13.5 Å². The minimum absolute atomic E-state index is 0.0234. The Hall–Kier alpha value is -3.17. The number of benzene rings is 2. The Labute approximate surface area is 193 Å². The quantitative estimate of drug-likeness (QED) is 0.384. The van der Waals surface area contributed by atoms with E-state index >= 15 is 0 Å². The fourth-order valence-electron chi connectivity index (χ4n) is 3.23. The van der Waals surface area contributed by atoms with Gasteiger partial charge < -0.3 is 10.1 Å². The summed E-state index contributed by atoms with van der Waals surface area (Å²) in [5.41, 5.74) is 2.52. The number of amides is 1. The molecule has 2 aromatic heterocycles. The number of para-hydroxylation sites is 1. The molecule has 0 fully saturated rings. The zero-order chi connectivity index (χ0) is 22.0. The highest BCUT2D eigenvalue weighted by atomic mass is 79.9. The molecule has 31 heavy (non-hydrogen) atoms. The van der Waals surface area contributed by atoms with Gasteiger partial charge in [0.25, 0.3) is 0 Å². The van der Waals surface area contributed by atoms with Gasteiger partial charge in [0, 0.05) is 22.6 Å². The van der Waals surface area contributed by atoms with Crippen LogP contribution in [0.3, 0.4) is 0 Å².